The molecule has 0 aliphatic carbocycles. The van der Waals surface area contributed by atoms with Gasteiger partial charge in [0, 0.05) is 28.5 Å². The number of halogens is 3. The van der Waals surface area contributed by atoms with Gasteiger partial charge in [0.15, 0.2) is 0 Å². The summed E-state index contributed by atoms with van der Waals surface area (Å²) in [7, 11) is 0. The molecule has 0 radical (unpaired) electrons. The summed E-state index contributed by atoms with van der Waals surface area (Å²) in [6, 6.07) is 27.3. The maximum absolute atomic E-state index is 13.1. The molecule has 4 aromatic carbocycles. The number of hydrogen-bond donors (Lipinski definition) is 2. The summed E-state index contributed by atoms with van der Waals surface area (Å²) < 4.78 is 38.8. The average molecular weight is 512 g/mol. The van der Waals surface area contributed by atoms with E-state index in [1.54, 1.807) is 60.7 Å². The van der Waals surface area contributed by atoms with Crippen LogP contribution >= 0.6 is 0 Å². The van der Waals surface area contributed by atoms with Gasteiger partial charge in [-0.25, -0.2) is 0 Å². The summed E-state index contributed by atoms with van der Waals surface area (Å²) >= 11 is 0. The SMILES string of the molecule is O=C(Nc1ccccc1)c1cnc2cc(NC(=O)c3ccccc3-c3ccc(C(F)(F)F)cc3)ccc2c1. The van der Waals surface area contributed by atoms with E-state index in [-0.39, 0.29) is 5.91 Å². The van der Waals surface area contributed by atoms with Gasteiger partial charge in [0.1, 0.15) is 0 Å². The van der Waals surface area contributed by atoms with Crippen molar-refractivity contribution < 1.29 is 22.8 Å². The monoisotopic (exact) mass is 511 g/mol. The molecule has 38 heavy (non-hydrogen) atoms. The van der Waals surface area contributed by atoms with E-state index < -0.39 is 17.6 Å². The fraction of sp³-hybridized carbons (Fsp3) is 0.0333. The predicted molar refractivity (Wildman–Crippen MR) is 141 cm³/mol. The molecule has 0 saturated heterocycles. The number of fused-ring (bicyclic) bond motifs is 1. The molecule has 188 valence electrons. The zero-order valence-electron chi connectivity index (χ0n) is 19.8. The lowest BCUT2D eigenvalue weighted by Gasteiger charge is -2.12. The van der Waals surface area contributed by atoms with Crippen molar-refractivity contribution in [2.75, 3.05) is 10.6 Å². The summed E-state index contributed by atoms with van der Waals surface area (Å²) in [5.74, 6) is -0.707. The number of hydrogen-bond acceptors (Lipinski definition) is 3. The number of para-hydroxylation sites is 1. The molecule has 0 unspecified atom stereocenters. The summed E-state index contributed by atoms with van der Waals surface area (Å²) in [6.07, 6.45) is -2.97. The van der Waals surface area contributed by atoms with Gasteiger partial charge in [-0.05, 0) is 59.7 Å². The lowest BCUT2D eigenvalue weighted by Crippen LogP contribution is -2.13. The Morgan fingerprint density at radius 2 is 1.37 bits per heavy atom. The molecule has 8 heteroatoms. The number of carbonyl (C=O) groups is 2. The number of aromatic nitrogens is 1. The first-order chi connectivity index (χ1) is 18.3. The number of nitrogens with zero attached hydrogens (tertiary/aromatic N) is 1. The van der Waals surface area contributed by atoms with Crippen LogP contribution in [0.25, 0.3) is 22.0 Å². The number of nitrogens with one attached hydrogen (secondary N) is 2. The van der Waals surface area contributed by atoms with Gasteiger partial charge in [-0.15, -0.1) is 0 Å². The molecule has 0 aliphatic heterocycles. The van der Waals surface area contributed by atoms with E-state index in [1.165, 1.54) is 18.3 Å². The summed E-state index contributed by atoms with van der Waals surface area (Å²) in [5.41, 5.74) is 2.68. The number of carbonyl (C=O) groups excluding carboxylic acids is 2. The topological polar surface area (TPSA) is 71.1 Å². The summed E-state index contributed by atoms with van der Waals surface area (Å²) in [4.78, 5) is 30.1. The maximum Gasteiger partial charge on any atom is 0.416 e. The van der Waals surface area contributed by atoms with Gasteiger partial charge in [-0.1, -0.05) is 54.6 Å². The maximum atomic E-state index is 13.1. The van der Waals surface area contributed by atoms with Crippen molar-refractivity contribution >= 4 is 34.1 Å². The normalized spacial score (nSPS) is 11.2. The minimum atomic E-state index is -4.44. The highest BCUT2D eigenvalue weighted by molar-refractivity contribution is 6.09. The molecular weight excluding hydrogens is 491 g/mol. The van der Waals surface area contributed by atoms with Gasteiger partial charge in [0.25, 0.3) is 11.8 Å². The van der Waals surface area contributed by atoms with E-state index in [4.69, 9.17) is 0 Å². The summed E-state index contributed by atoms with van der Waals surface area (Å²) in [5, 5.41) is 6.36. The molecule has 1 aromatic heterocycles. The van der Waals surface area contributed by atoms with Crippen molar-refractivity contribution in [2.45, 2.75) is 6.18 Å². The van der Waals surface area contributed by atoms with Gasteiger partial charge in [-0.3, -0.25) is 14.6 Å². The second-order valence-electron chi connectivity index (χ2n) is 8.53. The second-order valence-corrected chi connectivity index (χ2v) is 8.53. The number of benzene rings is 4. The third kappa shape index (κ3) is 5.39. The predicted octanol–water partition coefficient (Wildman–Crippen LogP) is 7.43. The van der Waals surface area contributed by atoms with Crippen LogP contribution in [0.5, 0.6) is 0 Å². The third-order valence-corrected chi connectivity index (χ3v) is 5.93. The van der Waals surface area contributed by atoms with Gasteiger partial charge >= 0.3 is 6.18 Å². The Kier molecular flexibility index (Phi) is 6.62. The van der Waals surface area contributed by atoms with Crippen LogP contribution in [0.4, 0.5) is 24.5 Å². The Morgan fingerprint density at radius 3 is 2.11 bits per heavy atom. The largest absolute Gasteiger partial charge is 0.416 e. The number of alkyl halides is 3. The van der Waals surface area contributed by atoms with E-state index >= 15 is 0 Å². The number of amides is 2. The quantitative estimate of drug-likeness (QED) is 0.258. The third-order valence-electron chi connectivity index (χ3n) is 5.93. The fourth-order valence-corrected chi connectivity index (χ4v) is 4.02. The first kappa shape index (κ1) is 24.7. The standard InChI is InChI=1S/C30H20F3N3O2/c31-30(32,33)22-13-10-19(11-14-22)25-8-4-5-9-26(25)29(38)36-24-15-12-20-16-21(18-34-27(20)17-24)28(37)35-23-6-2-1-3-7-23/h1-18H,(H,35,37)(H,36,38). The highest BCUT2D eigenvalue weighted by Gasteiger charge is 2.30. The van der Waals surface area contributed by atoms with Gasteiger partial charge in [-0.2, -0.15) is 13.2 Å². The van der Waals surface area contributed by atoms with Gasteiger partial charge in [0.05, 0.1) is 16.6 Å². The molecule has 0 atom stereocenters. The van der Waals surface area contributed by atoms with Gasteiger partial charge in [0.2, 0.25) is 0 Å². The molecular formula is C30H20F3N3O2. The minimum absolute atomic E-state index is 0.289. The zero-order valence-corrected chi connectivity index (χ0v) is 19.8. The van der Waals surface area contributed by atoms with E-state index in [0.717, 1.165) is 12.1 Å². The Balaban J connectivity index is 1.35. The fourth-order valence-electron chi connectivity index (χ4n) is 4.02. The molecule has 1 heterocycles. The van der Waals surface area contributed by atoms with Gasteiger partial charge < -0.3 is 10.6 Å². The molecule has 5 nitrogen and oxygen atoms in total. The van der Waals surface area contributed by atoms with Crippen LogP contribution in [-0.4, -0.2) is 16.8 Å². The summed E-state index contributed by atoms with van der Waals surface area (Å²) in [6.45, 7) is 0. The lowest BCUT2D eigenvalue weighted by molar-refractivity contribution is -0.137. The molecule has 5 rings (SSSR count). The average Bonchev–Trinajstić information content (AvgIpc) is 2.93. The van der Waals surface area contributed by atoms with Crippen LogP contribution in [0.1, 0.15) is 26.3 Å². The molecule has 0 bridgehead atoms. The van der Waals surface area contributed by atoms with Crippen molar-refractivity contribution in [3.05, 3.63) is 126 Å². The van der Waals surface area contributed by atoms with Crippen molar-refractivity contribution in [1.82, 2.24) is 4.98 Å². The molecule has 2 N–H and O–H groups in total. The molecule has 5 aromatic rings. The van der Waals surface area contributed by atoms with Crippen molar-refractivity contribution in [3.63, 3.8) is 0 Å². The van der Waals surface area contributed by atoms with Crippen molar-refractivity contribution in [1.29, 1.82) is 0 Å². The van der Waals surface area contributed by atoms with Crippen LogP contribution in [0.15, 0.2) is 109 Å². The molecule has 0 fully saturated rings. The Bertz CT molecular complexity index is 1630. The number of anilines is 2. The van der Waals surface area contributed by atoms with Crippen LogP contribution in [0, 0.1) is 0 Å². The van der Waals surface area contributed by atoms with E-state index in [2.05, 4.69) is 15.6 Å². The first-order valence-corrected chi connectivity index (χ1v) is 11.6. The first-order valence-electron chi connectivity index (χ1n) is 11.6. The van der Waals surface area contributed by atoms with E-state index in [1.807, 2.05) is 18.2 Å². The number of pyridine rings is 1. The Labute approximate surface area is 216 Å². The number of rotatable bonds is 5. The molecule has 0 spiro atoms. The highest BCUT2D eigenvalue weighted by atomic mass is 19.4. The Hall–Kier alpha value is -4.98. The minimum Gasteiger partial charge on any atom is -0.322 e. The van der Waals surface area contributed by atoms with Crippen LogP contribution in [-0.2, 0) is 6.18 Å². The zero-order chi connectivity index (χ0) is 26.7. The van der Waals surface area contributed by atoms with Crippen molar-refractivity contribution in [2.24, 2.45) is 0 Å². The molecule has 0 aliphatic rings. The van der Waals surface area contributed by atoms with Crippen LogP contribution < -0.4 is 10.6 Å². The van der Waals surface area contributed by atoms with E-state index in [0.29, 0.717) is 44.5 Å². The van der Waals surface area contributed by atoms with E-state index in [9.17, 15) is 22.8 Å². The second kappa shape index (κ2) is 10.2. The smallest absolute Gasteiger partial charge is 0.322 e. The Morgan fingerprint density at radius 1 is 0.684 bits per heavy atom. The molecule has 0 saturated carbocycles. The van der Waals surface area contributed by atoms with Crippen LogP contribution in [0.3, 0.4) is 0 Å². The molecule has 2 amide bonds. The van der Waals surface area contributed by atoms with Crippen LogP contribution in [0.2, 0.25) is 0 Å². The highest BCUT2D eigenvalue weighted by Crippen LogP contribution is 2.32. The lowest BCUT2D eigenvalue weighted by atomic mass is 9.98. The van der Waals surface area contributed by atoms with Crippen molar-refractivity contribution in [3.8, 4) is 11.1 Å².